The Hall–Kier alpha value is -0.770. The number of carbonyl (C=O) groups excluding carboxylic acids is 1. The third kappa shape index (κ3) is 4.16. The molecule has 0 aliphatic heterocycles. The highest BCUT2D eigenvalue weighted by molar-refractivity contribution is 6.42. The molecule has 0 N–H and O–H groups in total. The lowest BCUT2D eigenvalue weighted by Gasteiger charge is -2.26. The van der Waals surface area contributed by atoms with Crippen molar-refractivity contribution in [1.29, 1.82) is 0 Å². The Kier molecular flexibility index (Phi) is 5.93. The van der Waals surface area contributed by atoms with Crippen LogP contribution in [0, 0.1) is 0 Å². The fourth-order valence-corrected chi connectivity index (χ4v) is 1.92. The summed E-state index contributed by atoms with van der Waals surface area (Å²) >= 11 is 11.8. The Morgan fingerprint density at radius 1 is 1.33 bits per heavy atom. The van der Waals surface area contributed by atoms with E-state index < -0.39 is 0 Å². The van der Waals surface area contributed by atoms with Gasteiger partial charge in [0.05, 0.1) is 10.0 Å². The van der Waals surface area contributed by atoms with Crippen LogP contribution in [0.1, 0.15) is 19.4 Å². The number of carbonyl (C=O) groups is 1. The van der Waals surface area contributed by atoms with Crippen LogP contribution in [0.3, 0.4) is 0 Å². The number of hydrogen-bond donors (Lipinski definition) is 0. The van der Waals surface area contributed by atoms with Gasteiger partial charge in [0.15, 0.2) is 0 Å². The van der Waals surface area contributed by atoms with Gasteiger partial charge in [-0.2, -0.15) is 0 Å². The maximum Gasteiger partial charge on any atom is 0.249 e. The zero-order valence-corrected chi connectivity index (χ0v) is 12.3. The Balaban J connectivity index is 2.83. The van der Waals surface area contributed by atoms with Gasteiger partial charge < -0.3 is 9.64 Å². The molecule has 5 heteroatoms. The minimum Gasteiger partial charge on any atom is -0.375 e. The SMILES string of the molecule is COCC(=O)N(Cc1ccc(Cl)c(Cl)c1)C(C)C. The summed E-state index contributed by atoms with van der Waals surface area (Å²) in [7, 11) is 1.51. The second-order valence-corrected chi connectivity index (χ2v) is 5.11. The number of halogens is 2. The van der Waals surface area contributed by atoms with Crippen LogP contribution < -0.4 is 0 Å². The molecule has 0 atom stereocenters. The van der Waals surface area contributed by atoms with Crippen LogP contribution >= 0.6 is 23.2 Å². The van der Waals surface area contributed by atoms with Gasteiger partial charge in [-0.25, -0.2) is 0 Å². The molecule has 0 radical (unpaired) electrons. The molecular weight excluding hydrogens is 273 g/mol. The van der Waals surface area contributed by atoms with Crippen LogP contribution in [0.25, 0.3) is 0 Å². The van der Waals surface area contributed by atoms with Crippen LogP contribution in [-0.4, -0.2) is 30.6 Å². The van der Waals surface area contributed by atoms with E-state index in [0.29, 0.717) is 16.6 Å². The molecule has 1 amide bonds. The lowest BCUT2D eigenvalue weighted by molar-refractivity contribution is -0.137. The van der Waals surface area contributed by atoms with Gasteiger partial charge in [0.2, 0.25) is 5.91 Å². The number of benzene rings is 1. The average Bonchev–Trinajstić information content (AvgIpc) is 2.30. The molecule has 0 spiro atoms. The van der Waals surface area contributed by atoms with E-state index in [4.69, 9.17) is 27.9 Å². The largest absolute Gasteiger partial charge is 0.375 e. The molecule has 0 saturated heterocycles. The summed E-state index contributed by atoms with van der Waals surface area (Å²) in [5.74, 6) is -0.0430. The minimum absolute atomic E-state index is 0.0430. The van der Waals surface area contributed by atoms with Crippen molar-refractivity contribution >= 4 is 29.1 Å². The van der Waals surface area contributed by atoms with Gasteiger partial charge in [-0.1, -0.05) is 29.3 Å². The molecule has 1 rings (SSSR count). The van der Waals surface area contributed by atoms with Crippen molar-refractivity contribution in [2.45, 2.75) is 26.4 Å². The van der Waals surface area contributed by atoms with Crippen LogP contribution in [0.4, 0.5) is 0 Å². The van der Waals surface area contributed by atoms with E-state index >= 15 is 0 Å². The normalized spacial score (nSPS) is 10.8. The second-order valence-electron chi connectivity index (χ2n) is 4.30. The second kappa shape index (κ2) is 6.98. The maximum absolute atomic E-state index is 11.9. The minimum atomic E-state index is -0.0430. The van der Waals surface area contributed by atoms with E-state index in [2.05, 4.69) is 0 Å². The monoisotopic (exact) mass is 289 g/mol. The van der Waals surface area contributed by atoms with Crippen molar-refractivity contribution in [3.05, 3.63) is 33.8 Å². The first-order valence-corrected chi connectivity index (χ1v) is 6.43. The van der Waals surface area contributed by atoms with Crippen molar-refractivity contribution < 1.29 is 9.53 Å². The Morgan fingerprint density at radius 2 is 2.00 bits per heavy atom. The molecule has 0 unspecified atom stereocenters. The molecule has 100 valence electrons. The van der Waals surface area contributed by atoms with E-state index in [1.807, 2.05) is 19.9 Å². The summed E-state index contributed by atoms with van der Waals surface area (Å²) in [6.45, 7) is 4.51. The fourth-order valence-electron chi connectivity index (χ4n) is 1.60. The van der Waals surface area contributed by atoms with Crippen molar-refractivity contribution in [2.75, 3.05) is 13.7 Å². The summed E-state index contributed by atoms with van der Waals surface area (Å²) < 4.78 is 4.88. The molecule has 0 bridgehead atoms. The molecule has 18 heavy (non-hydrogen) atoms. The van der Waals surface area contributed by atoms with Crippen LogP contribution in [0.2, 0.25) is 10.0 Å². The topological polar surface area (TPSA) is 29.5 Å². The molecule has 0 aliphatic rings. The lowest BCUT2D eigenvalue weighted by Crippen LogP contribution is -2.38. The van der Waals surface area contributed by atoms with Crippen LogP contribution in [-0.2, 0) is 16.1 Å². The van der Waals surface area contributed by atoms with Crippen LogP contribution in [0.5, 0.6) is 0 Å². The van der Waals surface area contributed by atoms with E-state index in [0.717, 1.165) is 5.56 Å². The first-order valence-electron chi connectivity index (χ1n) is 5.68. The summed E-state index contributed by atoms with van der Waals surface area (Å²) in [6.07, 6.45) is 0. The molecule has 0 saturated carbocycles. The standard InChI is InChI=1S/C13H17Cl2NO2/c1-9(2)16(13(17)8-18-3)7-10-4-5-11(14)12(15)6-10/h4-6,9H,7-8H2,1-3H3. The van der Waals surface area contributed by atoms with Gasteiger partial charge in [0.1, 0.15) is 6.61 Å². The van der Waals surface area contributed by atoms with Gasteiger partial charge in [0.25, 0.3) is 0 Å². The van der Waals surface area contributed by atoms with E-state index in [-0.39, 0.29) is 18.6 Å². The number of methoxy groups -OCH3 is 1. The first-order chi connectivity index (χ1) is 8.45. The molecule has 0 aliphatic carbocycles. The Bertz CT molecular complexity index is 421. The van der Waals surface area contributed by atoms with Gasteiger partial charge in [0, 0.05) is 19.7 Å². The van der Waals surface area contributed by atoms with Gasteiger partial charge in [-0.15, -0.1) is 0 Å². The highest BCUT2D eigenvalue weighted by Crippen LogP contribution is 2.23. The van der Waals surface area contributed by atoms with Crippen molar-refractivity contribution in [3.8, 4) is 0 Å². The molecule has 1 aromatic carbocycles. The molecule has 0 aromatic heterocycles. The zero-order valence-electron chi connectivity index (χ0n) is 10.7. The highest BCUT2D eigenvalue weighted by Gasteiger charge is 2.17. The number of rotatable bonds is 5. The van der Waals surface area contributed by atoms with E-state index in [9.17, 15) is 4.79 Å². The van der Waals surface area contributed by atoms with Crippen molar-refractivity contribution in [3.63, 3.8) is 0 Å². The predicted molar refractivity (Wildman–Crippen MR) is 74.0 cm³/mol. The molecular formula is C13H17Cl2NO2. The summed E-state index contributed by atoms with van der Waals surface area (Å²) in [4.78, 5) is 13.6. The highest BCUT2D eigenvalue weighted by atomic mass is 35.5. The smallest absolute Gasteiger partial charge is 0.249 e. The lowest BCUT2D eigenvalue weighted by atomic mass is 10.2. The van der Waals surface area contributed by atoms with Gasteiger partial charge in [-0.3, -0.25) is 4.79 Å². The summed E-state index contributed by atoms with van der Waals surface area (Å²) in [5.41, 5.74) is 0.947. The van der Waals surface area contributed by atoms with Crippen molar-refractivity contribution in [1.82, 2.24) is 4.90 Å². The molecule has 3 nitrogen and oxygen atoms in total. The summed E-state index contributed by atoms with van der Waals surface area (Å²) in [5, 5.41) is 1.01. The van der Waals surface area contributed by atoms with Crippen molar-refractivity contribution in [2.24, 2.45) is 0 Å². The summed E-state index contributed by atoms with van der Waals surface area (Å²) in [6, 6.07) is 5.48. The fraction of sp³-hybridized carbons (Fsp3) is 0.462. The molecule has 1 aromatic rings. The number of amides is 1. The zero-order chi connectivity index (χ0) is 13.7. The third-order valence-corrected chi connectivity index (χ3v) is 3.29. The Morgan fingerprint density at radius 3 is 2.50 bits per heavy atom. The third-order valence-electron chi connectivity index (χ3n) is 2.55. The Labute approximate surface area is 118 Å². The van der Waals surface area contributed by atoms with Crippen LogP contribution in [0.15, 0.2) is 18.2 Å². The maximum atomic E-state index is 11.9. The number of hydrogen-bond acceptors (Lipinski definition) is 2. The van der Waals surface area contributed by atoms with E-state index in [1.54, 1.807) is 17.0 Å². The van der Waals surface area contributed by atoms with E-state index in [1.165, 1.54) is 7.11 Å². The average molecular weight is 290 g/mol. The number of nitrogens with zero attached hydrogens (tertiary/aromatic N) is 1. The molecule has 0 fully saturated rings. The van der Waals surface area contributed by atoms with Gasteiger partial charge >= 0.3 is 0 Å². The first kappa shape index (κ1) is 15.3. The quantitative estimate of drug-likeness (QED) is 0.832. The molecule has 0 heterocycles. The number of ether oxygens (including phenoxy) is 1. The van der Waals surface area contributed by atoms with Gasteiger partial charge in [-0.05, 0) is 31.5 Å². The predicted octanol–water partition coefficient (Wildman–Crippen LogP) is 3.38.